The van der Waals surface area contributed by atoms with Crippen LogP contribution in [0.1, 0.15) is 16.9 Å². The third kappa shape index (κ3) is 2.79. The van der Waals surface area contributed by atoms with Gasteiger partial charge in [-0.25, -0.2) is 4.98 Å². The Morgan fingerprint density at radius 3 is 2.83 bits per heavy atom. The SMILES string of the molecule is CN(CCCCl)C(=O)c1ccc2ccccc2n1. The molecule has 2 rings (SSSR count). The quantitative estimate of drug-likeness (QED) is 0.794. The number of fused-ring (bicyclic) bond motifs is 1. The van der Waals surface area contributed by atoms with Gasteiger partial charge in [-0.3, -0.25) is 4.79 Å². The maximum Gasteiger partial charge on any atom is 0.272 e. The van der Waals surface area contributed by atoms with Gasteiger partial charge in [-0.05, 0) is 18.6 Å². The number of amides is 1. The number of halogens is 1. The van der Waals surface area contributed by atoms with Crippen LogP contribution in [0.3, 0.4) is 0 Å². The van der Waals surface area contributed by atoms with Crippen LogP contribution in [0.25, 0.3) is 10.9 Å². The number of benzene rings is 1. The number of para-hydroxylation sites is 1. The molecule has 94 valence electrons. The van der Waals surface area contributed by atoms with Crippen LogP contribution in [-0.2, 0) is 0 Å². The van der Waals surface area contributed by atoms with Crippen molar-refractivity contribution in [2.75, 3.05) is 19.5 Å². The summed E-state index contributed by atoms with van der Waals surface area (Å²) >= 11 is 5.62. The zero-order chi connectivity index (χ0) is 13.0. The van der Waals surface area contributed by atoms with Crippen molar-refractivity contribution in [3.63, 3.8) is 0 Å². The fraction of sp³-hybridized carbons (Fsp3) is 0.286. The normalized spacial score (nSPS) is 10.6. The fourth-order valence-electron chi connectivity index (χ4n) is 1.78. The Labute approximate surface area is 111 Å². The summed E-state index contributed by atoms with van der Waals surface area (Å²) in [6.07, 6.45) is 0.789. The molecule has 0 aliphatic rings. The van der Waals surface area contributed by atoms with Crippen molar-refractivity contribution >= 4 is 28.4 Å². The summed E-state index contributed by atoms with van der Waals surface area (Å²) in [7, 11) is 1.77. The molecule has 1 amide bonds. The number of rotatable bonds is 4. The van der Waals surface area contributed by atoms with Crippen LogP contribution in [0.2, 0.25) is 0 Å². The molecule has 0 N–H and O–H groups in total. The molecule has 1 aromatic carbocycles. The third-order valence-electron chi connectivity index (χ3n) is 2.79. The minimum atomic E-state index is -0.0640. The molecule has 0 unspecified atom stereocenters. The second kappa shape index (κ2) is 5.83. The van der Waals surface area contributed by atoms with Crippen molar-refractivity contribution < 1.29 is 4.79 Å². The molecule has 1 aromatic heterocycles. The van der Waals surface area contributed by atoms with Gasteiger partial charge in [0.2, 0.25) is 0 Å². The average molecular weight is 263 g/mol. The van der Waals surface area contributed by atoms with Gasteiger partial charge in [-0.1, -0.05) is 24.3 Å². The Hall–Kier alpha value is -1.61. The molecule has 0 aliphatic carbocycles. The van der Waals surface area contributed by atoms with Crippen LogP contribution in [0.15, 0.2) is 36.4 Å². The van der Waals surface area contributed by atoms with Crippen molar-refractivity contribution in [1.82, 2.24) is 9.88 Å². The van der Waals surface area contributed by atoms with E-state index < -0.39 is 0 Å². The van der Waals surface area contributed by atoms with Crippen LogP contribution in [0.5, 0.6) is 0 Å². The predicted molar refractivity (Wildman–Crippen MR) is 74.0 cm³/mol. The molecule has 0 bridgehead atoms. The Morgan fingerprint density at radius 1 is 1.28 bits per heavy atom. The summed E-state index contributed by atoms with van der Waals surface area (Å²) in [4.78, 5) is 18.1. The zero-order valence-electron chi connectivity index (χ0n) is 10.3. The number of carbonyl (C=O) groups is 1. The van der Waals surface area contributed by atoms with E-state index in [0.717, 1.165) is 17.3 Å². The largest absolute Gasteiger partial charge is 0.340 e. The first-order valence-electron chi connectivity index (χ1n) is 5.89. The highest BCUT2D eigenvalue weighted by molar-refractivity contribution is 6.17. The van der Waals surface area contributed by atoms with Gasteiger partial charge >= 0.3 is 0 Å². The van der Waals surface area contributed by atoms with E-state index in [1.165, 1.54) is 0 Å². The van der Waals surface area contributed by atoms with Crippen LogP contribution in [0, 0.1) is 0 Å². The molecule has 4 heteroatoms. The Balaban J connectivity index is 2.22. The van der Waals surface area contributed by atoms with E-state index in [9.17, 15) is 4.79 Å². The molecule has 0 aliphatic heterocycles. The van der Waals surface area contributed by atoms with E-state index in [1.54, 1.807) is 18.0 Å². The number of hydrogen-bond acceptors (Lipinski definition) is 2. The van der Waals surface area contributed by atoms with Gasteiger partial charge in [0.1, 0.15) is 5.69 Å². The summed E-state index contributed by atoms with van der Waals surface area (Å²) in [5.74, 6) is 0.494. The minimum absolute atomic E-state index is 0.0640. The molecule has 0 atom stereocenters. The van der Waals surface area contributed by atoms with Crippen molar-refractivity contribution in [2.24, 2.45) is 0 Å². The zero-order valence-corrected chi connectivity index (χ0v) is 11.0. The van der Waals surface area contributed by atoms with E-state index in [2.05, 4.69) is 4.98 Å². The van der Waals surface area contributed by atoms with Gasteiger partial charge < -0.3 is 4.90 Å². The van der Waals surface area contributed by atoms with Crippen LogP contribution in [0.4, 0.5) is 0 Å². The fourth-order valence-corrected chi connectivity index (χ4v) is 1.90. The van der Waals surface area contributed by atoms with E-state index >= 15 is 0 Å². The van der Waals surface area contributed by atoms with Crippen molar-refractivity contribution in [1.29, 1.82) is 0 Å². The van der Waals surface area contributed by atoms with Gasteiger partial charge in [0, 0.05) is 24.9 Å². The molecule has 0 radical (unpaired) electrons. The van der Waals surface area contributed by atoms with E-state index in [0.29, 0.717) is 18.1 Å². The highest BCUT2D eigenvalue weighted by atomic mass is 35.5. The molecule has 0 saturated carbocycles. The molecule has 2 aromatic rings. The van der Waals surface area contributed by atoms with E-state index in [4.69, 9.17) is 11.6 Å². The van der Waals surface area contributed by atoms with Gasteiger partial charge in [0.15, 0.2) is 0 Å². The Kier molecular flexibility index (Phi) is 4.15. The summed E-state index contributed by atoms with van der Waals surface area (Å²) in [6, 6.07) is 11.4. The van der Waals surface area contributed by atoms with Crippen LogP contribution >= 0.6 is 11.6 Å². The molecule has 0 spiro atoms. The van der Waals surface area contributed by atoms with E-state index in [-0.39, 0.29) is 5.91 Å². The number of carbonyl (C=O) groups excluding carboxylic acids is 1. The number of hydrogen-bond donors (Lipinski definition) is 0. The monoisotopic (exact) mass is 262 g/mol. The molecular formula is C14H15ClN2O. The first kappa shape index (κ1) is 12.8. The summed E-state index contributed by atoms with van der Waals surface area (Å²) in [5.41, 5.74) is 1.32. The highest BCUT2D eigenvalue weighted by Crippen LogP contribution is 2.12. The third-order valence-corrected chi connectivity index (χ3v) is 3.06. The molecule has 1 heterocycles. The van der Waals surface area contributed by atoms with Gasteiger partial charge in [0.05, 0.1) is 5.52 Å². The predicted octanol–water partition coefficient (Wildman–Crippen LogP) is 2.94. The van der Waals surface area contributed by atoms with Gasteiger partial charge in [-0.2, -0.15) is 0 Å². The number of pyridine rings is 1. The molecule has 0 fully saturated rings. The lowest BCUT2D eigenvalue weighted by atomic mass is 10.2. The molecule has 18 heavy (non-hydrogen) atoms. The molecule has 0 saturated heterocycles. The summed E-state index contributed by atoms with van der Waals surface area (Å²) in [6.45, 7) is 0.650. The van der Waals surface area contributed by atoms with Crippen molar-refractivity contribution in [2.45, 2.75) is 6.42 Å². The lowest BCUT2D eigenvalue weighted by Crippen LogP contribution is -2.28. The lowest BCUT2D eigenvalue weighted by Gasteiger charge is -2.16. The van der Waals surface area contributed by atoms with Gasteiger partial charge in [-0.15, -0.1) is 11.6 Å². The van der Waals surface area contributed by atoms with Crippen molar-refractivity contribution in [3.05, 3.63) is 42.1 Å². The number of aromatic nitrogens is 1. The lowest BCUT2D eigenvalue weighted by molar-refractivity contribution is 0.0790. The van der Waals surface area contributed by atoms with Crippen molar-refractivity contribution in [3.8, 4) is 0 Å². The highest BCUT2D eigenvalue weighted by Gasteiger charge is 2.12. The molecular weight excluding hydrogens is 248 g/mol. The maximum atomic E-state index is 12.1. The van der Waals surface area contributed by atoms with Crippen LogP contribution < -0.4 is 0 Å². The number of nitrogens with zero attached hydrogens (tertiary/aromatic N) is 2. The summed E-state index contributed by atoms with van der Waals surface area (Å²) in [5, 5.41) is 1.04. The summed E-state index contributed by atoms with van der Waals surface area (Å²) < 4.78 is 0. The smallest absolute Gasteiger partial charge is 0.272 e. The van der Waals surface area contributed by atoms with E-state index in [1.807, 2.05) is 30.3 Å². The first-order chi connectivity index (χ1) is 8.72. The standard InChI is InChI=1S/C14H15ClN2O/c1-17(10-4-9-15)14(18)13-8-7-11-5-2-3-6-12(11)16-13/h2-3,5-8H,4,9-10H2,1H3. The number of alkyl halides is 1. The maximum absolute atomic E-state index is 12.1. The first-order valence-corrected chi connectivity index (χ1v) is 6.43. The Morgan fingerprint density at radius 2 is 2.06 bits per heavy atom. The second-order valence-corrected chi connectivity index (χ2v) is 4.54. The second-order valence-electron chi connectivity index (χ2n) is 4.16. The topological polar surface area (TPSA) is 33.2 Å². The average Bonchev–Trinajstić information content (AvgIpc) is 2.43. The van der Waals surface area contributed by atoms with Crippen LogP contribution in [-0.4, -0.2) is 35.3 Å². The van der Waals surface area contributed by atoms with Gasteiger partial charge in [0.25, 0.3) is 5.91 Å². The Bertz CT molecular complexity index is 556. The molecule has 3 nitrogen and oxygen atoms in total. The minimum Gasteiger partial charge on any atom is -0.340 e.